The van der Waals surface area contributed by atoms with Gasteiger partial charge in [0.2, 0.25) is 5.03 Å². The highest BCUT2D eigenvalue weighted by Gasteiger charge is 2.20. The van der Waals surface area contributed by atoms with Crippen molar-refractivity contribution in [1.82, 2.24) is 4.98 Å². The van der Waals surface area contributed by atoms with Crippen LogP contribution >= 0.6 is 0 Å². The monoisotopic (exact) mass is 308 g/mol. The molecule has 1 heterocycles. The van der Waals surface area contributed by atoms with Crippen molar-refractivity contribution >= 4 is 21.4 Å². The summed E-state index contributed by atoms with van der Waals surface area (Å²) in [6.07, 6.45) is 1.38. The van der Waals surface area contributed by atoms with Crippen LogP contribution in [0.1, 0.15) is 6.92 Å². The number of aromatic nitrogens is 1. The van der Waals surface area contributed by atoms with E-state index in [4.69, 9.17) is 10.6 Å². The van der Waals surface area contributed by atoms with E-state index < -0.39 is 10.0 Å². The maximum atomic E-state index is 12.3. The lowest BCUT2D eigenvalue weighted by Gasteiger charge is -2.11. The highest BCUT2D eigenvalue weighted by atomic mass is 32.2. The molecule has 0 amide bonds. The summed E-state index contributed by atoms with van der Waals surface area (Å²) in [6.45, 7) is 2.35. The van der Waals surface area contributed by atoms with E-state index in [1.165, 1.54) is 12.3 Å². The van der Waals surface area contributed by atoms with Crippen LogP contribution in [0, 0.1) is 0 Å². The number of nitrogens with zero attached hydrogens (tertiary/aromatic N) is 1. The number of sulfonamides is 1. The second-order valence-electron chi connectivity index (χ2n) is 4.07. The van der Waals surface area contributed by atoms with E-state index in [-0.39, 0.29) is 10.7 Å². The first-order valence-corrected chi connectivity index (χ1v) is 7.72. The van der Waals surface area contributed by atoms with Gasteiger partial charge < -0.3 is 10.2 Å². The number of hydrogen-bond acceptors (Lipinski definition) is 6. The Labute approximate surface area is 123 Å². The summed E-state index contributed by atoms with van der Waals surface area (Å²) in [6, 6.07) is 9.78. The Morgan fingerprint density at radius 2 is 2.10 bits per heavy atom. The normalized spacial score (nSPS) is 11.0. The van der Waals surface area contributed by atoms with Crippen molar-refractivity contribution in [2.75, 3.05) is 16.8 Å². The average Bonchev–Trinajstić information content (AvgIpc) is 2.47. The number of nitrogen functional groups attached to an aromatic ring is 1. The maximum absolute atomic E-state index is 12.3. The van der Waals surface area contributed by atoms with Crippen LogP contribution < -0.4 is 20.7 Å². The molecule has 0 saturated heterocycles. The highest BCUT2D eigenvalue weighted by molar-refractivity contribution is 7.92. The third kappa shape index (κ3) is 3.61. The smallest absolute Gasteiger partial charge is 0.281 e. The van der Waals surface area contributed by atoms with Gasteiger partial charge >= 0.3 is 0 Å². The standard InChI is InChI=1S/C13H16N4O3S/c1-2-20-11-6-3-5-10(9-11)17-21(18,19)13-12(16-14)7-4-8-15-13/h3-9,16-17H,2,14H2,1H3. The molecule has 8 heteroatoms. The number of hydrazine groups is 1. The van der Waals surface area contributed by atoms with E-state index in [2.05, 4.69) is 15.1 Å². The van der Waals surface area contributed by atoms with Crippen LogP contribution in [-0.4, -0.2) is 20.0 Å². The molecule has 2 aromatic rings. The molecule has 1 aromatic heterocycles. The SMILES string of the molecule is CCOc1cccc(NS(=O)(=O)c2ncccc2NN)c1. The van der Waals surface area contributed by atoms with Crippen LogP contribution in [0.3, 0.4) is 0 Å². The van der Waals surface area contributed by atoms with Gasteiger partial charge in [0, 0.05) is 12.3 Å². The third-order valence-corrected chi connectivity index (χ3v) is 3.92. The van der Waals surface area contributed by atoms with Crippen molar-refractivity contribution < 1.29 is 13.2 Å². The second kappa shape index (κ2) is 6.42. The fraction of sp³-hybridized carbons (Fsp3) is 0.154. The molecule has 7 nitrogen and oxygen atoms in total. The summed E-state index contributed by atoms with van der Waals surface area (Å²) in [5, 5.41) is -0.172. The molecule has 2 rings (SSSR count). The number of nitrogens with two attached hydrogens (primary N) is 1. The summed E-state index contributed by atoms with van der Waals surface area (Å²) in [7, 11) is -3.85. The van der Waals surface area contributed by atoms with Crippen LogP contribution in [0.4, 0.5) is 11.4 Å². The molecule has 4 N–H and O–H groups in total. The lowest BCUT2D eigenvalue weighted by molar-refractivity contribution is 0.340. The van der Waals surface area contributed by atoms with Crippen molar-refractivity contribution in [3.05, 3.63) is 42.6 Å². The summed E-state index contributed by atoms with van der Waals surface area (Å²) < 4.78 is 32.5. The zero-order valence-electron chi connectivity index (χ0n) is 11.4. The first kappa shape index (κ1) is 15.1. The molecular formula is C13H16N4O3S. The van der Waals surface area contributed by atoms with Crippen LogP contribution in [0.25, 0.3) is 0 Å². The third-order valence-electron chi connectivity index (χ3n) is 2.58. The molecule has 21 heavy (non-hydrogen) atoms. The van der Waals surface area contributed by atoms with Gasteiger partial charge in [-0.3, -0.25) is 10.6 Å². The van der Waals surface area contributed by atoms with E-state index in [9.17, 15) is 8.42 Å². The summed E-state index contributed by atoms with van der Waals surface area (Å²) in [4.78, 5) is 3.85. The lowest BCUT2D eigenvalue weighted by Crippen LogP contribution is -2.18. The van der Waals surface area contributed by atoms with Gasteiger partial charge in [-0.2, -0.15) is 8.42 Å². The van der Waals surface area contributed by atoms with Gasteiger partial charge in [0.1, 0.15) is 5.75 Å². The molecule has 0 bridgehead atoms. The predicted octanol–water partition coefficient (Wildman–Crippen LogP) is 1.57. The summed E-state index contributed by atoms with van der Waals surface area (Å²) in [5.74, 6) is 5.88. The minimum Gasteiger partial charge on any atom is -0.494 e. The van der Waals surface area contributed by atoms with Crippen molar-refractivity contribution in [1.29, 1.82) is 0 Å². The Hall–Kier alpha value is -2.32. The Kier molecular flexibility index (Phi) is 4.61. The molecule has 0 spiro atoms. The maximum Gasteiger partial charge on any atom is 0.281 e. The van der Waals surface area contributed by atoms with E-state index in [0.717, 1.165) is 0 Å². The fourth-order valence-corrected chi connectivity index (χ4v) is 2.88. The number of benzene rings is 1. The minimum atomic E-state index is -3.85. The zero-order valence-corrected chi connectivity index (χ0v) is 12.2. The van der Waals surface area contributed by atoms with Gasteiger partial charge in [-0.1, -0.05) is 6.07 Å². The first-order valence-electron chi connectivity index (χ1n) is 6.24. The highest BCUT2D eigenvalue weighted by Crippen LogP contribution is 2.23. The second-order valence-corrected chi connectivity index (χ2v) is 5.66. The quantitative estimate of drug-likeness (QED) is 0.552. The minimum absolute atomic E-state index is 0.172. The topological polar surface area (TPSA) is 106 Å². The first-order chi connectivity index (χ1) is 10.1. The van der Waals surface area contributed by atoms with Crippen molar-refractivity contribution in [2.24, 2.45) is 5.84 Å². The molecular weight excluding hydrogens is 292 g/mol. The fourth-order valence-electron chi connectivity index (χ4n) is 1.73. The van der Waals surface area contributed by atoms with Gasteiger partial charge in [0.05, 0.1) is 18.0 Å². The van der Waals surface area contributed by atoms with Crippen LogP contribution in [0.15, 0.2) is 47.6 Å². The number of rotatable bonds is 6. The van der Waals surface area contributed by atoms with Crippen molar-refractivity contribution in [3.8, 4) is 5.75 Å². The van der Waals surface area contributed by atoms with Gasteiger partial charge in [0.15, 0.2) is 0 Å². The Morgan fingerprint density at radius 3 is 2.81 bits per heavy atom. The lowest BCUT2D eigenvalue weighted by atomic mass is 10.3. The van der Waals surface area contributed by atoms with E-state index in [0.29, 0.717) is 18.0 Å². The van der Waals surface area contributed by atoms with Crippen LogP contribution in [0.5, 0.6) is 5.75 Å². The molecule has 0 aliphatic carbocycles. The van der Waals surface area contributed by atoms with Crippen LogP contribution in [-0.2, 0) is 10.0 Å². The molecule has 0 radical (unpaired) electrons. The van der Waals surface area contributed by atoms with E-state index in [1.807, 2.05) is 6.92 Å². The van der Waals surface area contributed by atoms with Gasteiger partial charge in [-0.05, 0) is 31.2 Å². The Bertz CT molecular complexity index is 719. The average molecular weight is 308 g/mol. The molecule has 1 aromatic carbocycles. The molecule has 0 saturated carbocycles. The van der Waals surface area contributed by atoms with Gasteiger partial charge in [0.25, 0.3) is 10.0 Å². The molecule has 0 atom stereocenters. The molecule has 0 fully saturated rings. The number of nitrogens with one attached hydrogen (secondary N) is 2. The molecule has 0 aliphatic rings. The van der Waals surface area contributed by atoms with Crippen molar-refractivity contribution in [3.63, 3.8) is 0 Å². The number of pyridine rings is 1. The summed E-state index contributed by atoms with van der Waals surface area (Å²) >= 11 is 0. The predicted molar refractivity (Wildman–Crippen MR) is 80.5 cm³/mol. The van der Waals surface area contributed by atoms with Gasteiger partial charge in [-0.25, -0.2) is 4.98 Å². The molecule has 112 valence electrons. The zero-order chi connectivity index (χ0) is 15.3. The number of hydrogen-bond donors (Lipinski definition) is 3. The summed E-state index contributed by atoms with van der Waals surface area (Å²) in [5.41, 5.74) is 2.91. The Balaban J connectivity index is 2.31. The Morgan fingerprint density at radius 1 is 1.29 bits per heavy atom. The van der Waals surface area contributed by atoms with E-state index >= 15 is 0 Å². The van der Waals surface area contributed by atoms with Crippen molar-refractivity contribution in [2.45, 2.75) is 11.9 Å². The largest absolute Gasteiger partial charge is 0.494 e. The van der Waals surface area contributed by atoms with Crippen LogP contribution in [0.2, 0.25) is 0 Å². The number of ether oxygens (including phenoxy) is 1. The number of anilines is 2. The molecule has 0 unspecified atom stereocenters. The van der Waals surface area contributed by atoms with E-state index in [1.54, 1.807) is 30.3 Å². The van der Waals surface area contributed by atoms with Gasteiger partial charge in [-0.15, -0.1) is 0 Å². The molecule has 0 aliphatic heterocycles.